The molecule has 1 rings (SSSR count). The lowest BCUT2D eigenvalue weighted by Crippen LogP contribution is -2.65. The van der Waals surface area contributed by atoms with Crippen LogP contribution in [0.3, 0.4) is 0 Å². The van der Waals surface area contributed by atoms with Crippen LogP contribution in [0, 0.1) is 0 Å². The summed E-state index contributed by atoms with van der Waals surface area (Å²) in [6.45, 7) is 6.11. The molecule has 0 spiro atoms. The second-order valence-corrected chi connectivity index (χ2v) is 13.5. The van der Waals surface area contributed by atoms with E-state index < -0.39 is 16.9 Å². The van der Waals surface area contributed by atoms with Gasteiger partial charge in [0.2, 0.25) is 0 Å². The third-order valence-electron chi connectivity index (χ3n) is 4.06. The maximum atomic E-state index is 14.3. The zero-order chi connectivity index (χ0) is 15.4. The molecule has 20 heavy (non-hydrogen) atoms. The molecule has 0 saturated carbocycles. The van der Waals surface area contributed by atoms with Gasteiger partial charge in [0.1, 0.15) is 8.07 Å². The van der Waals surface area contributed by atoms with E-state index in [4.69, 9.17) is 0 Å². The van der Waals surface area contributed by atoms with Gasteiger partial charge < -0.3 is 0 Å². The lowest BCUT2D eigenvalue weighted by molar-refractivity contribution is 0.0917. The van der Waals surface area contributed by atoms with E-state index >= 15 is 0 Å². The van der Waals surface area contributed by atoms with Crippen molar-refractivity contribution >= 4 is 45.1 Å². The van der Waals surface area contributed by atoms with E-state index in [1.807, 2.05) is 43.4 Å². The first-order chi connectivity index (χ1) is 9.17. The highest BCUT2D eigenvalue weighted by Crippen LogP contribution is 2.50. The average molecular weight is 428 g/mol. The summed E-state index contributed by atoms with van der Waals surface area (Å²) < 4.78 is 27.4. The minimum Gasteiger partial charge on any atom is -0.193 e. The highest BCUT2D eigenvalue weighted by Gasteiger charge is 2.60. The first-order valence-electron chi connectivity index (χ1n) is 6.98. The second kappa shape index (κ2) is 7.01. The molecule has 1 atom stereocenters. The molecular formula is C15H22Br2F2Si. The highest BCUT2D eigenvalue weighted by atomic mass is 79.9. The number of benzene rings is 1. The molecule has 1 aromatic rings. The molecule has 0 aliphatic rings. The number of halogens is 4. The van der Waals surface area contributed by atoms with Crippen molar-refractivity contribution in [3.05, 3.63) is 30.3 Å². The van der Waals surface area contributed by atoms with Crippen LogP contribution in [0.4, 0.5) is 8.78 Å². The largest absolute Gasteiger partial charge is 0.314 e. The Morgan fingerprint density at radius 2 is 1.60 bits per heavy atom. The third kappa shape index (κ3) is 3.71. The lowest BCUT2D eigenvalue weighted by Gasteiger charge is -2.44. The van der Waals surface area contributed by atoms with Crippen molar-refractivity contribution in [1.29, 1.82) is 0 Å². The molecule has 0 aliphatic heterocycles. The number of hydrogen-bond acceptors (Lipinski definition) is 0. The first-order valence-corrected chi connectivity index (χ1v) is 11.6. The van der Waals surface area contributed by atoms with E-state index in [-0.39, 0.29) is 0 Å². The molecule has 1 unspecified atom stereocenters. The summed E-state index contributed by atoms with van der Waals surface area (Å²) in [5.41, 5.74) is 0. The van der Waals surface area contributed by atoms with Crippen LogP contribution in [0.1, 0.15) is 32.6 Å². The summed E-state index contributed by atoms with van der Waals surface area (Å²) >= 11 is 6.10. The van der Waals surface area contributed by atoms with Crippen molar-refractivity contribution in [2.24, 2.45) is 0 Å². The van der Waals surface area contributed by atoms with Crippen molar-refractivity contribution in [3.8, 4) is 0 Å². The molecule has 0 amide bonds. The van der Waals surface area contributed by atoms with Gasteiger partial charge in [0.15, 0.2) is 0 Å². The monoisotopic (exact) mass is 426 g/mol. The summed E-state index contributed by atoms with van der Waals surface area (Å²) in [5.74, 6) is 0. The molecule has 0 saturated heterocycles. The van der Waals surface area contributed by atoms with Gasteiger partial charge in [0.25, 0.3) is 0 Å². The Balaban J connectivity index is 3.16. The fourth-order valence-corrected chi connectivity index (χ4v) is 8.16. The van der Waals surface area contributed by atoms with Crippen molar-refractivity contribution in [1.82, 2.24) is 0 Å². The van der Waals surface area contributed by atoms with Crippen LogP contribution >= 0.6 is 31.9 Å². The zero-order valence-corrected chi connectivity index (χ0v) is 16.4. The van der Waals surface area contributed by atoms with Gasteiger partial charge in [0.05, 0.1) is 3.95 Å². The van der Waals surface area contributed by atoms with Crippen LogP contribution in [-0.2, 0) is 0 Å². The van der Waals surface area contributed by atoms with Gasteiger partial charge in [-0.15, -0.1) is 0 Å². The predicted octanol–water partition coefficient (Wildman–Crippen LogP) is 5.84. The predicted molar refractivity (Wildman–Crippen MR) is 93.2 cm³/mol. The van der Waals surface area contributed by atoms with Gasteiger partial charge in [0, 0.05) is 0 Å². The van der Waals surface area contributed by atoms with Gasteiger partial charge in [-0.3, -0.25) is 0 Å². The molecule has 1 aromatic carbocycles. The number of hydrogen-bond donors (Lipinski definition) is 0. The van der Waals surface area contributed by atoms with Crippen LogP contribution in [0.5, 0.6) is 0 Å². The molecule has 0 radical (unpaired) electrons. The summed E-state index contributed by atoms with van der Waals surface area (Å²) in [4.78, 5) is -2.92. The Hall–Kier alpha value is 0.257. The second-order valence-electron chi connectivity index (χ2n) is 5.75. The Kier molecular flexibility index (Phi) is 6.42. The fraction of sp³-hybridized carbons (Fsp3) is 0.600. The van der Waals surface area contributed by atoms with Gasteiger partial charge in [-0.2, -0.15) is 8.78 Å². The third-order valence-corrected chi connectivity index (χ3v) is 13.8. The zero-order valence-electron chi connectivity index (χ0n) is 12.2. The normalized spacial score (nSPS) is 15.9. The summed E-state index contributed by atoms with van der Waals surface area (Å²) in [5, 5.41) is 1.05. The van der Waals surface area contributed by atoms with E-state index in [9.17, 15) is 8.78 Å². The molecular weight excluding hydrogens is 406 g/mol. The van der Waals surface area contributed by atoms with Gasteiger partial charge in [-0.05, 0) is 22.4 Å². The minimum atomic E-state index is -2.92. The maximum absolute atomic E-state index is 14.3. The molecule has 5 heteroatoms. The molecule has 0 bridgehead atoms. The van der Waals surface area contributed by atoms with Gasteiger partial charge in [-0.1, -0.05) is 90.7 Å². The van der Waals surface area contributed by atoms with Crippen molar-refractivity contribution < 1.29 is 8.78 Å². The molecule has 0 aromatic heterocycles. The molecule has 0 N–H and O–H groups in total. The lowest BCUT2D eigenvalue weighted by atomic mass is 10.1. The number of alkyl halides is 4. The molecule has 0 heterocycles. The smallest absolute Gasteiger partial charge is 0.193 e. The Bertz CT molecular complexity index is 418. The van der Waals surface area contributed by atoms with E-state index in [2.05, 4.69) is 38.8 Å². The summed E-state index contributed by atoms with van der Waals surface area (Å²) in [6.07, 6.45) is 3.30. The number of unbranched alkanes of at least 4 members (excludes halogenated alkanes) is 2. The number of rotatable bonds is 7. The van der Waals surface area contributed by atoms with Gasteiger partial charge >= 0.3 is 4.83 Å². The Morgan fingerprint density at radius 1 is 1.05 bits per heavy atom. The van der Waals surface area contributed by atoms with E-state index in [0.29, 0.717) is 6.42 Å². The van der Waals surface area contributed by atoms with Crippen LogP contribution < -0.4 is 5.19 Å². The standard InChI is InChI=1S/C15H22Br2F2Si/c1-4-5-9-12-14(16,15(17,18)19)20(2,3)13-10-7-6-8-11-13/h6-8,10-11H,4-5,9,12H2,1-3H3. The van der Waals surface area contributed by atoms with Crippen LogP contribution in [0.2, 0.25) is 13.1 Å². The fourth-order valence-electron chi connectivity index (χ4n) is 2.51. The molecule has 0 aliphatic carbocycles. The Labute approximate surface area is 138 Å². The van der Waals surface area contributed by atoms with Crippen molar-refractivity contribution in [3.63, 3.8) is 0 Å². The SMILES string of the molecule is CCCCCC(Br)(C(F)(F)Br)[Si](C)(C)c1ccccc1. The van der Waals surface area contributed by atoms with Crippen molar-refractivity contribution in [2.45, 2.75) is 54.5 Å². The molecule has 0 nitrogen and oxygen atoms in total. The topological polar surface area (TPSA) is 0 Å². The van der Waals surface area contributed by atoms with Crippen LogP contribution in [0.15, 0.2) is 30.3 Å². The molecule has 114 valence electrons. The van der Waals surface area contributed by atoms with Gasteiger partial charge in [-0.25, -0.2) is 0 Å². The minimum absolute atomic E-state index is 0.479. The summed E-state index contributed by atoms with van der Waals surface area (Å²) in [7, 11) is -2.40. The first kappa shape index (κ1) is 18.3. The van der Waals surface area contributed by atoms with Crippen molar-refractivity contribution in [2.75, 3.05) is 0 Å². The Morgan fingerprint density at radius 3 is 2.05 bits per heavy atom. The van der Waals surface area contributed by atoms with E-state index in [1.165, 1.54) is 0 Å². The van der Waals surface area contributed by atoms with E-state index in [0.717, 1.165) is 24.4 Å². The molecule has 0 fully saturated rings. The van der Waals surface area contributed by atoms with Crippen LogP contribution in [-0.4, -0.2) is 16.9 Å². The maximum Gasteiger partial charge on any atom is 0.314 e. The summed E-state index contributed by atoms with van der Waals surface area (Å²) in [6, 6.07) is 9.72. The average Bonchev–Trinajstić information content (AvgIpc) is 2.38. The highest BCUT2D eigenvalue weighted by molar-refractivity contribution is 9.13. The van der Waals surface area contributed by atoms with Crippen LogP contribution in [0.25, 0.3) is 0 Å². The van der Waals surface area contributed by atoms with E-state index in [1.54, 1.807) is 0 Å². The quantitative estimate of drug-likeness (QED) is 0.291.